The molecule has 0 atom stereocenters. The molecule has 3 aromatic rings. The topological polar surface area (TPSA) is 9.86 Å². The number of rotatable bonds is 0. The van der Waals surface area contributed by atoms with Gasteiger partial charge in [-0.25, -0.2) is 0 Å². The molecule has 0 aliphatic rings. The molecule has 0 aliphatic heterocycles. The summed E-state index contributed by atoms with van der Waals surface area (Å²) < 4.78 is 4.38. The third kappa shape index (κ3) is 0.990. The van der Waals surface area contributed by atoms with Crippen LogP contribution in [0.15, 0.2) is 30.6 Å². The van der Waals surface area contributed by atoms with Crippen LogP contribution in [-0.2, 0) is 14.1 Å². The average molecular weight is 198 g/mol. The Hall–Kier alpha value is -1.70. The molecule has 2 aromatic heterocycles. The molecule has 0 bridgehead atoms. The monoisotopic (exact) mass is 198 g/mol. The van der Waals surface area contributed by atoms with Gasteiger partial charge in [-0.1, -0.05) is 0 Å². The second kappa shape index (κ2) is 2.66. The summed E-state index contributed by atoms with van der Waals surface area (Å²) in [7, 11) is 4.20. The van der Waals surface area contributed by atoms with E-state index >= 15 is 0 Å². The quantitative estimate of drug-likeness (QED) is 0.525. The molecule has 15 heavy (non-hydrogen) atoms. The fourth-order valence-electron chi connectivity index (χ4n) is 2.57. The van der Waals surface area contributed by atoms with Crippen molar-refractivity contribution in [1.29, 1.82) is 0 Å². The van der Waals surface area contributed by atoms with E-state index in [-0.39, 0.29) is 0 Å². The molecule has 2 heteroatoms. The van der Waals surface area contributed by atoms with Crippen molar-refractivity contribution < 1.29 is 0 Å². The molecule has 0 aliphatic carbocycles. The lowest BCUT2D eigenvalue weighted by Gasteiger charge is -2.05. The van der Waals surface area contributed by atoms with Crippen LogP contribution in [0.3, 0.4) is 0 Å². The first-order valence-electron chi connectivity index (χ1n) is 5.18. The zero-order chi connectivity index (χ0) is 10.6. The van der Waals surface area contributed by atoms with E-state index in [9.17, 15) is 0 Å². The van der Waals surface area contributed by atoms with Crippen LogP contribution in [0.2, 0.25) is 0 Å². The summed E-state index contributed by atoms with van der Waals surface area (Å²) in [5, 5.41) is 2.66. The van der Waals surface area contributed by atoms with Gasteiger partial charge in [0, 0.05) is 37.3 Å². The molecule has 76 valence electrons. The highest BCUT2D eigenvalue weighted by Gasteiger charge is 2.08. The van der Waals surface area contributed by atoms with Gasteiger partial charge in [-0.3, -0.25) is 0 Å². The second-order valence-corrected chi connectivity index (χ2v) is 4.23. The maximum absolute atomic E-state index is 2.26. The summed E-state index contributed by atoms with van der Waals surface area (Å²) in [6, 6.07) is 6.61. The average Bonchev–Trinajstić information content (AvgIpc) is 2.73. The van der Waals surface area contributed by atoms with Crippen LogP contribution >= 0.6 is 0 Å². The normalized spacial score (nSPS) is 11.7. The van der Waals surface area contributed by atoms with Crippen molar-refractivity contribution >= 4 is 21.8 Å². The van der Waals surface area contributed by atoms with Crippen LogP contribution in [0.4, 0.5) is 0 Å². The first-order valence-corrected chi connectivity index (χ1v) is 5.18. The molecule has 0 radical (unpaired) electrons. The van der Waals surface area contributed by atoms with E-state index in [0.29, 0.717) is 0 Å². The number of benzene rings is 1. The fourth-order valence-corrected chi connectivity index (χ4v) is 2.57. The van der Waals surface area contributed by atoms with Gasteiger partial charge in [0.1, 0.15) is 0 Å². The Morgan fingerprint density at radius 3 is 1.80 bits per heavy atom. The molecular formula is C13H14N2. The van der Waals surface area contributed by atoms with Crippen LogP contribution in [0.25, 0.3) is 21.8 Å². The zero-order valence-electron chi connectivity index (χ0n) is 9.28. The molecule has 0 spiro atoms. The standard InChI is InChI=1S/C13H14N2/c1-9-12-10(4-6-14(12)2)8-11-5-7-15(3)13(9)11/h4-8H,1-3H3. The fraction of sp³-hybridized carbons (Fsp3) is 0.231. The van der Waals surface area contributed by atoms with E-state index in [2.05, 4.69) is 60.7 Å². The van der Waals surface area contributed by atoms with Gasteiger partial charge >= 0.3 is 0 Å². The predicted octanol–water partition coefficient (Wildman–Crippen LogP) is 2.98. The Morgan fingerprint density at radius 1 is 0.867 bits per heavy atom. The molecule has 0 fully saturated rings. The lowest BCUT2D eigenvalue weighted by molar-refractivity contribution is 0.949. The Balaban J connectivity index is 2.65. The molecular weight excluding hydrogens is 184 g/mol. The minimum atomic E-state index is 1.33. The van der Waals surface area contributed by atoms with Gasteiger partial charge in [-0.05, 0) is 30.7 Å². The molecule has 0 amide bonds. The van der Waals surface area contributed by atoms with Crippen LogP contribution in [0.5, 0.6) is 0 Å². The van der Waals surface area contributed by atoms with Gasteiger partial charge in [-0.2, -0.15) is 0 Å². The Labute approximate surface area is 88.7 Å². The molecule has 3 rings (SSSR count). The highest BCUT2D eigenvalue weighted by atomic mass is 14.9. The highest BCUT2D eigenvalue weighted by Crippen LogP contribution is 2.28. The summed E-state index contributed by atoms with van der Waals surface area (Å²) in [6.07, 6.45) is 4.24. The zero-order valence-corrected chi connectivity index (χ0v) is 9.28. The maximum Gasteiger partial charge on any atom is 0.0528 e. The number of aryl methyl sites for hydroxylation is 3. The van der Waals surface area contributed by atoms with E-state index in [1.54, 1.807) is 0 Å². The van der Waals surface area contributed by atoms with E-state index < -0.39 is 0 Å². The first kappa shape index (κ1) is 8.60. The second-order valence-electron chi connectivity index (χ2n) is 4.23. The van der Waals surface area contributed by atoms with Gasteiger partial charge in [-0.15, -0.1) is 0 Å². The van der Waals surface area contributed by atoms with Crippen molar-refractivity contribution in [3.63, 3.8) is 0 Å². The predicted molar refractivity (Wildman–Crippen MR) is 64.1 cm³/mol. The molecule has 0 saturated carbocycles. The van der Waals surface area contributed by atoms with E-state index in [4.69, 9.17) is 0 Å². The smallest absolute Gasteiger partial charge is 0.0528 e. The summed E-state index contributed by atoms with van der Waals surface area (Å²) in [4.78, 5) is 0. The maximum atomic E-state index is 2.26. The summed E-state index contributed by atoms with van der Waals surface area (Å²) >= 11 is 0. The summed E-state index contributed by atoms with van der Waals surface area (Å²) in [5.74, 6) is 0. The van der Waals surface area contributed by atoms with Crippen LogP contribution in [0.1, 0.15) is 5.56 Å². The summed E-state index contributed by atoms with van der Waals surface area (Å²) in [5.41, 5.74) is 4.04. The Kier molecular flexibility index (Phi) is 1.52. The minimum Gasteiger partial charge on any atom is -0.350 e. The molecule has 2 heterocycles. The SMILES string of the molecule is Cc1c2c(ccn2C)cc2ccn(C)c12. The van der Waals surface area contributed by atoms with Crippen molar-refractivity contribution in [2.24, 2.45) is 14.1 Å². The third-order valence-electron chi connectivity index (χ3n) is 3.23. The van der Waals surface area contributed by atoms with Gasteiger partial charge in [0.25, 0.3) is 0 Å². The first-order chi connectivity index (χ1) is 7.18. The van der Waals surface area contributed by atoms with Gasteiger partial charge in [0.15, 0.2) is 0 Å². The molecule has 1 aromatic carbocycles. The summed E-state index contributed by atoms with van der Waals surface area (Å²) in [6.45, 7) is 2.20. The van der Waals surface area contributed by atoms with Crippen LogP contribution in [0, 0.1) is 6.92 Å². The van der Waals surface area contributed by atoms with E-state index in [1.807, 2.05) is 0 Å². The number of nitrogens with zero attached hydrogens (tertiary/aromatic N) is 2. The molecule has 0 N–H and O–H groups in total. The Morgan fingerprint density at radius 2 is 1.33 bits per heavy atom. The van der Waals surface area contributed by atoms with E-state index in [0.717, 1.165) is 0 Å². The van der Waals surface area contributed by atoms with Crippen LogP contribution < -0.4 is 0 Å². The number of fused-ring (bicyclic) bond motifs is 2. The highest BCUT2D eigenvalue weighted by molar-refractivity contribution is 5.99. The number of aromatic nitrogens is 2. The van der Waals surface area contributed by atoms with Gasteiger partial charge in [0.05, 0.1) is 11.0 Å². The van der Waals surface area contributed by atoms with Gasteiger partial charge < -0.3 is 9.13 Å². The lowest BCUT2D eigenvalue weighted by Crippen LogP contribution is -1.92. The molecule has 0 saturated heterocycles. The van der Waals surface area contributed by atoms with Crippen molar-refractivity contribution in [1.82, 2.24) is 9.13 Å². The lowest BCUT2D eigenvalue weighted by atomic mass is 10.1. The third-order valence-corrected chi connectivity index (χ3v) is 3.23. The van der Waals surface area contributed by atoms with Crippen molar-refractivity contribution in [3.8, 4) is 0 Å². The molecule has 2 nitrogen and oxygen atoms in total. The van der Waals surface area contributed by atoms with Gasteiger partial charge in [0.2, 0.25) is 0 Å². The van der Waals surface area contributed by atoms with Crippen molar-refractivity contribution in [3.05, 3.63) is 36.2 Å². The van der Waals surface area contributed by atoms with E-state index in [1.165, 1.54) is 27.4 Å². The van der Waals surface area contributed by atoms with Crippen molar-refractivity contribution in [2.75, 3.05) is 0 Å². The largest absolute Gasteiger partial charge is 0.350 e. The number of hydrogen-bond donors (Lipinski definition) is 0. The molecule has 0 unspecified atom stereocenters. The number of hydrogen-bond acceptors (Lipinski definition) is 0. The van der Waals surface area contributed by atoms with Crippen molar-refractivity contribution in [2.45, 2.75) is 6.92 Å². The van der Waals surface area contributed by atoms with Crippen LogP contribution in [-0.4, -0.2) is 9.13 Å². The Bertz CT molecular complexity index is 601. The minimum absolute atomic E-state index is 1.33.